The van der Waals surface area contributed by atoms with Crippen molar-refractivity contribution in [3.05, 3.63) is 0 Å². The summed E-state index contributed by atoms with van der Waals surface area (Å²) in [5, 5.41) is 19.7. The third kappa shape index (κ3) is 3.65. The van der Waals surface area contributed by atoms with Crippen LogP contribution in [0.4, 0.5) is 0 Å². The summed E-state index contributed by atoms with van der Waals surface area (Å²) in [6, 6.07) is -0.819. The molecule has 0 aromatic carbocycles. The maximum atomic E-state index is 11.7. The van der Waals surface area contributed by atoms with Crippen molar-refractivity contribution < 1.29 is 28.2 Å². The summed E-state index contributed by atoms with van der Waals surface area (Å²) in [4.78, 5) is 22.1. The number of aliphatic carboxylic acids is 1. The normalized spacial score (nSPS) is 22.7. The van der Waals surface area contributed by atoms with Crippen LogP contribution in [0.1, 0.15) is 12.8 Å². The van der Waals surface area contributed by atoms with E-state index in [1.165, 1.54) is 0 Å². The van der Waals surface area contributed by atoms with E-state index < -0.39 is 40.6 Å². The van der Waals surface area contributed by atoms with Gasteiger partial charge >= 0.3 is 5.97 Å². The lowest BCUT2D eigenvalue weighted by atomic mass is 10.2. The van der Waals surface area contributed by atoms with Crippen LogP contribution in [0, 0.1) is 0 Å². The van der Waals surface area contributed by atoms with Gasteiger partial charge in [0, 0.05) is 6.54 Å². The average molecular weight is 280 g/mol. The second kappa shape index (κ2) is 5.63. The number of sulfonamides is 1. The van der Waals surface area contributed by atoms with Gasteiger partial charge < -0.3 is 15.5 Å². The first kappa shape index (κ1) is 14.9. The molecule has 2 atom stereocenters. The number of carbonyl (C=O) groups excluding carboxylic acids is 1. The minimum atomic E-state index is -3.46. The summed E-state index contributed by atoms with van der Waals surface area (Å²) in [7, 11) is -3.46. The van der Waals surface area contributed by atoms with Crippen LogP contribution in [0.25, 0.3) is 0 Å². The molecule has 1 rings (SSSR count). The molecule has 3 N–H and O–H groups in total. The van der Waals surface area contributed by atoms with Crippen molar-refractivity contribution >= 4 is 21.9 Å². The van der Waals surface area contributed by atoms with Gasteiger partial charge in [0.2, 0.25) is 15.9 Å². The van der Waals surface area contributed by atoms with Crippen molar-refractivity contribution in [1.29, 1.82) is 0 Å². The lowest BCUT2D eigenvalue weighted by Gasteiger charge is -2.21. The summed E-state index contributed by atoms with van der Waals surface area (Å²) < 4.78 is 23.9. The van der Waals surface area contributed by atoms with Gasteiger partial charge in [-0.2, -0.15) is 4.31 Å². The number of carbonyl (C=O) groups is 2. The van der Waals surface area contributed by atoms with E-state index >= 15 is 0 Å². The number of nitrogens with one attached hydrogen (secondary N) is 1. The molecule has 8 nitrogen and oxygen atoms in total. The van der Waals surface area contributed by atoms with Gasteiger partial charge in [-0.15, -0.1) is 0 Å². The maximum absolute atomic E-state index is 11.7. The lowest BCUT2D eigenvalue weighted by Crippen LogP contribution is -2.48. The molecule has 0 radical (unpaired) electrons. The zero-order chi connectivity index (χ0) is 13.9. The molecule has 0 aliphatic carbocycles. The highest BCUT2D eigenvalue weighted by atomic mass is 32.2. The molecular formula is C9H16N2O6S. The number of amides is 1. The van der Waals surface area contributed by atoms with Gasteiger partial charge in [0.15, 0.2) is 6.10 Å². The fourth-order valence-corrected chi connectivity index (χ4v) is 2.93. The average Bonchev–Trinajstić information content (AvgIpc) is 2.73. The molecular weight excluding hydrogens is 264 g/mol. The molecule has 0 spiro atoms. The molecule has 0 aromatic heterocycles. The number of carboxylic acid groups (broad SMARTS) is 1. The number of nitrogens with zero attached hydrogens (tertiary/aromatic N) is 1. The Morgan fingerprint density at radius 2 is 2.11 bits per heavy atom. The van der Waals surface area contributed by atoms with Crippen LogP contribution < -0.4 is 5.32 Å². The predicted octanol–water partition coefficient (Wildman–Crippen LogP) is -2.03. The van der Waals surface area contributed by atoms with Crippen molar-refractivity contribution in [1.82, 2.24) is 9.62 Å². The molecule has 18 heavy (non-hydrogen) atoms. The van der Waals surface area contributed by atoms with Crippen molar-refractivity contribution in [2.45, 2.75) is 25.0 Å². The molecule has 1 heterocycles. The van der Waals surface area contributed by atoms with Crippen LogP contribution in [-0.4, -0.2) is 66.3 Å². The highest BCUT2D eigenvalue weighted by molar-refractivity contribution is 7.88. The van der Waals surface area contributed by atoms with Gasteiger partial charge in [0.1, 0.15) is 6.04 Å². The predicted molar refractivity (Wildman–Crippen MR) is 61.2 cm³/mol. The Labute approximate surface area is 105 Å². The molecule has 0 bridgehead atoms. The Morgan fingerprint density at radius 1 is 1.50 bits per heavy atom. The second-order valence-electron chi connectivity index (χ2n) is 4.13. The minimum absolute atomic E-state index is 0.276. The highest BCUT2D eigenvalue weighted by Crippen LogP contribution is 2.20. The number of rotatable bonds is 5. The Bertz CT molecular complexity index is 434. The van der Waals surface area contributed by atoms with E-state index in [9.17, 15) is 18.0 Å². The van der Waals surface area contributed by atoms with E-state index in [0.29, 0.717) is 12.8 Å². The van der Waals surface area contributed by atoms with Gasteiger partial charge in [-0.25, -0.2) is 13.2 Å². The van der Waals surface area contributed by atoms with Gasteiger partial charge in [-0.3, -0.25) is 4.79 Å². The van der Waals surface area contributed by atoms with Crippen LogP contribution in [0.3, 0.4) is 0 Å². The van der Waals surface area contributed by atoms with Gasteiger partial charge in [-0.05, 0) is 12.8 Å². The third-order valence-corrected chi connectivity index (χ3v) is 3.98. The first-order valence-corrected chi connectivity index (χ1v) is 7.23. The Balaban J connectivity index is 2.59. The van der Waals surface area contributed by atoms with E-state index in [1.54, 1.807) is 0 Å². The number of hydrogen-bond acceptors (Lipinski definition) is 5. The molecule has 9 heteroatoms. The van der Waals surface area contributed by atoms with Crippen LogP contribution in [0.2, 0.25) is 0 Å². The first-order chi connectivity index (χ1) is 8.23. The fraction of sp³-hybridized carbons (Fsp3) is 0.778. The number of aliphatic hydroxyl groups excluding tert-OH is 1. The van der Waals surface area contributed by atoms with Crippen molar-refractivity contribution in [2.75, 3.05) is 19.3 Å². The fourth-order valence-electron chi connectivity index (χ4n) is 1.80. The van der Waals surface area contributed by atoms with E-state index in [-0.39, 0.29) is 6.54 Å². The molecule has 1 amide bonds. The first-order valence-electron chi connectivity index (χ1n) is 5.39. The zero-order valence-electron chi connectivity index (χ0n) is 9.87. The smallest absolute Gasteiger partial charge is 0.334 e. The second-order valence-corrected chi connectivity index (χ2v) is 6.07. The SMILES string of the molecule is CS(=O)(=O)N1CCCC1C(=O)NC[C@H](O)C(=O)O. The van der Waals surface area contributed by atoms with Crippen LogP contribution in [-0.2, 0) is 19.6 Å². The molecule has 0 aromatic rings. The lowest BCUT2D eigenvalue weighted by molar-refractivity contribution is -0.146. The topological polar surface area (TPSA) is 124 Å². The van der Waals surface area contributed by atoms with Crippen molar-refractivity contribution in [2.24, 2.45) is 0 Å². The number of hydrogen-bond donors (Lipinski definition) is 3. The molecule has 1 fully saturated rings. The van der Waals surface area contributed by atoms with E-state index in [2.05, 4.69) is 5.32 Å². The van der Waals surface area contributed by atoms with E-state index in [4.69, 9.17) is 10.2 Å². The number of carboxylic acids is 1. The molecule has 1 unspecified atom stereocenters. The minimum Gasteiger partial charge on any atom is -0.479 e. The van der Waals surface area contributed by atoms with Crippen LogP contribution in [0.5, 0.6) is 0 Å². The quantitative estimate of drug-likeness (QED) is 0.533. The van der Waals surface area contributed by atoms with Gasteiger partial charge in [0.05, 0.1) is 12.8 Å². The van der Waals surface area contributed by atoms with Crippen molar-refractivity contribution in [3.8, 4) is 0 Å². The maximum Gasteiger partial charge on any atom is 0.334 e. The zero-order valence-corrected chi connectivity index (χ0v) is 10.7. The molecule has 1 aliphatic heterocycles. The standard InChI is InChI=1S/C9H16N2O6S/c1-18(16,17)11-4-2-3-6(11)8(13)10-5-7(12)9(14)15/h6-7,12H,2-5H2,1H3,(H,10,13)(H,14,15)/t6?,7-/m0/s1. The summed E-state index contributed by atoms with van der Waals surface area (Å²) in [5.41, 5.74) is 0. The summed E-state index contributed by atoms with van der Waals surface area (Å²) in [6.45, 7) is -0.166. The van der Waals surface area contributed by atoms with Gasteiger partial charge in [-0.1, -0.05) is 0 Å². The van der Waals surface area contributed by atoms with Gasteiger partial charge in [0.25, 0.3) is 0 Å². The molecule has 104 valence electrons. The molecule has 1 saturated heterocycles. The highest BCUT2D eigenvalue weighted by Gasteiger charge is 2.36. The largest absolute Gasteiger partial charge is 0.479 e. The monoisotopic (exact) mass is 280 g/mol. The van der Waals surface area contributed by atoms with Crippen LogP contribution in [0.15, 0.2) is 0 Å². The molecule has 1 aliphatic rings. The van der Waals surface area contributed by atoms with Crippen molar-refractivity contribution in [3.63, 3.8) is 0 Å². The third-order valence-electron chi connectivity index (χ3n) is 2.69. The Morgan fingerprint density at radius 3 is 2.61 bits per heavy atom. The van der Waals surface area contributed by atoms with Crippen LogP contribution >= 0.6 is 0 Å². The summed E-state index contributed by atoms with van der Waals surface area (Å²) in [6.07, 6.45) is 0.293. The summed E-state index contributed by atoms with van der Waals surface area (Å²) in [5.74, 6) is -2.03. The Kier molecular flexibility index (Phi) is 4.65. The summed E-state index contributed by atoms with van der Waals surface area (Å²) >= 11 is 0. The Hall–Kier alpha value is -1.19. The van der Waals surface area contributed by atoms with E-state index in [0.717, 1.165) is 10.6 Å². The number of aliphatic hydroxyl groups is 1. The molecule has 0 saturated carbocycles. The van der Waals surface area contributed by atoms with E-state index in [1.807, 2.05) is 0 Å².